The molecule has 4 nitrogen and oxygen atoms in total. The maximum Gasteiger partial charge on any atom is 0.218 e. The summed E-state index contributed by atoms with van der Waals surface area (Å²) < 4.78 is 5.31. The molecule has 4 heteroatoms. The number of aromatic nitrogens is 1. The Morgan fingerprint density at radius 1 is 1.39 bits per heavy atom. The molecule has 0 aliphatic heterocycles. The molecule has 1 heterocycles. The van der Waals surface area contributed by atoms with Gasteiger partial charge in [-0.2, -0.15) is 0 Å². The summed E-state index contributed by atoms with van der Waals surface area (Å²) in [6, 6.07) is 9.75. The number of carbonyl (C=O) groups excluding carboxylic acids is 1. The first kappa shape index (κ1) is 12.4. The van der Waals surface area contributed by atoms with Crippen LogP contribution in [0.15, 0.2) is 41.1 Å². The van der Waals surface area contributed by atoms with E-state index >= 15 is 0 Å². The molecule has 1 atom stereocenters. The number of amides is 1. The standard InChI is InChI=1S/C14H16N2O2/c1-2-10(8-13(15)17)12-9-16-18-14(12)11-6-4-3-5-7-11/h3-7,9-10H,2,8H2,1H3,(H2,15,17). The van der Waals surface area contributed by atoms with Crippen LogP contribution in [0.5, 0.6) is 0 Å². The summed E-state index contributed by atoms with van der Waals surface area (Å²) in [6.07, 6.45) is 2.82. The van der Waals surface area contributed by atoms with Crippen molar-refractivity contribution >= 4 is 5.91 Å². The minimum atomic E-state index is -0.304. The van der Waals surface area contributed by atoms with E-state index in [0.717, 1.165) is 23.3 Å². The van der Waals surface area contributed by atoms with Crippen molar-refractivity contribution in [2.45, 2.75) is 25.7 Å². The quantitative estimate of drug-likeness (QED) is 0.879. The van der Waals surface area contributed by atoms with E-state index in [1.54, 1.807) is 6.20 Å². The maximum atomic E-state index is 11.1. The number of nitrogens with zero attached hydrogens (tertiary/aromatic N) is 1. The van der Waals surface area contributed by atoms with Gasteiger partial charge in [0, 0.05) is 17.5 Å². The van der Waals surface area contributed by atoms with Crippen LogP contribution in [0.2, 0.25) is 0 Å². The third-order valence-corrected chi connectivity index (χ3v) is 3.01. The van der Waals surface area contributed by atoms with Crippen molar-refractivity contribution < 1.29 is 9.32 Å². The molecule has 1 aromatic heterocycles. The van der Waals surface area contributed by atoms with E-state index in [4.69, 9.17) is 10.3 Å². The van der Waals surface area contributed by atoms with Gasteiger partial charge in [0.05, 0.1) is 6.20 Å². The predicted octanol–water partition coefficient (Wildman–Crippen LogP) is 2.71. The first-order valence-electron chi connectivity index (χ1n) is 6.00. The second kappa shape index (κ2) is 5.49. The lowest BCUT2D eigenvalue weighted by Crippen LogP contribution is -2.15. The Morgan fingerprint density at radius 2 is 2.11 bits per heavy atom. The lowest BCUT2D eigenvalue weighted by molar-refractivity contribution is -0.118. The minimum absolute atomic E-state index is 0.0592. The molecule has 0 spiro atoms. The number of primary amides is 1. The molecule has 0 aliphatic rings. The number of hydrogen-bond acceptors (Lipinski definition) is 3. The van der Waals surface area contributed by atoms with E-state index in [1.165, 1.54) is 0 Å². The highest BCUT2D eigenvalue weighted by atomic mass is 16.5. The molecule has 2 aromatic rings. The van der Waals surface area contributed by atoms with Crippen LogP contribution in [0.1, 0.15) is 31.2 Å². The van der Waals surface area contributed by atoms with Gasteiger partial charge in [-0.1, -0.05) is 42.4 Å². The summed E-state index contributed by atoms with van der Waals surface area (Å²) in [5, 5.41) is 3.85. The van der Waals surface area contributed by atoms with Crippen molar-refractivity contribution in [3.63, 3.8) is 0 Å². The summed E-state index contributed by atoms with van der Waals surface area (Å²) in [5.74, 6) is 0.481. The van der Waals surface area contributed by atoms with Crippen LogP contribution in [-0.4, -0.2) is 11.1 Å². The van der Waals surface area contributed by atoms with Crippen molar-refractivity contribution in [1.29, 1.82) is 0 Å². The fourth-order valence-corrected chi connectivity index (χ4v) is 2.06. The van der Waals surface area contributed by atoms with Crippen molar-refractivity contribution in [3.05, 3.63) is 42.1 Å². The molecule has 18 heavy (non-hydrogen) atoms. The first-order valence-corrected chi connectivity index (χ1v) is 6.00. The maximum absolute atomic E-state index is 11.1. The molecule has 1 unspecified atom stereocenters. The zero-order valence-electron chi connectivity index (χ0n) is 10.3. The van der Waals surface area contributed by atoms with E-state index in [1.807, 2.05) is 37.3 Å². The van der Waals surface area contributed by atoms with Crippen molar-refractivity contribution in [2.75, 3.05) is 0 Å². The van der Waals surface area contributed by atoms with E-state index < -0.39 is 0 Å². The van der Waals surface area contributed by atoms with Gasteiger partial charge >= 0.3 is 0 Å². The third-order valence-electron chi connectivity index (χ3n) is 3.01. The molecule has 0 bridgehead atoms. The van der Waals surface area contributed by atoms with E-state index in [-0.39, 0.29) is 11.8 Å². The molecule has 94 valence electrons. The lowest BCUT2D eigenvalue weighted by atomic mass is 9.92. The van der Waals surface area contributed by atoms with Gasteiger partial charge in [-0.15, -0.1) is 0 Å². The SMILES string of the molecule is CCC(CC(N)=O)c1cnoc1-c1ccccc1. The van der Waals surface area contributed by atoms with Crippen LogP contribution in [0.3, 0.4) is 0 Å². The van der Waals surface area contributed by atoms with Gasteiger partial charge in [0.1, 0.15) is 0 Å². The average Bonchev–Trinajstić information content (AvgIpc) is 2.86. The zero-order chi connectivity index (χ0) is 13.0. The molecule has 0 saturated carbocycles. The summed E-state index contributed by atoms with van der Waals surface area (Å²) in [6.45, 7) is 2.02. The van der Waals surface area contributed by atoms with E-state index in [9.17, 15) is 4.79 Å². The smallest absolute Gasteiger partial charge is 0.218 e. The Balaban J connectivity index is 2.35. The van der Waals surface area contributed by atoms with Gasteiger partial charge in [-0.3, -0.25) is 4.79 Å². The van der Waals surface area contributed by atoms with Crippen LogP contribution in [0.25, 0.3) is 11.3 Å². The molecule has 0 saturated heterocycles. The highest BCUT2D eigenvalue weighted by Gasteiger charge is 2.20. The number of rotatable bonds is 5. The predicted molar refractivity (Wildman–Crippen MR) is 68.8 cm³/mol. The van der Waals surface area contributed by atoms with Gasteiger partial charge in [-0.25, -0.2) is 0 Å². The second-order valence-electron chi connectivity index (χ2n) is 4.25. The molecule has 0 aliphatic carbocycles. The minimum Gasteiger partial charge on any atom is -0.370 e. The van der Waals surface area contributed by atoms with Crippen LogP contribution in [0, 0.1) is 0 Å². The largest absolute Gasteiger partial charge is 0.370 e. The Hall–Kier alpha value is -2.10. The lowest BCUT2D eigenvalue weighted by Gasteiger charge is -2.11. The summed E-state index contributed by atoms with van der Waals surface area (Å²) in [4.78, 5) is 11.1. The fraction of sp³-hybridized carbons (Fsp3) is 0.286. The molecule has 1 aromatic carbocycles. The third kappa shape index (κ3) is 2.59. The normalized spacial score (nSPS) is 12.3. The van der Waals surface area contributed by atoms with Crippen LogP contribution >= 0.6 is 0 Å². The fourth-order valence-electron chi connectivity index (χ4n) is 2.06. The Kier molecular flexibility index (Phi) is 3.77. The average molecular weight is 244 g/mol. The topological polar surface area (TPSA) is 69.1 Å². The molecular weight excluding hydrogens is 228 g/mol. The van der Waals surface area contributed by atoms with Gasteiger partial charge in [0.2, 0.25) is 5.91 Å². The van der Waals surface area contributed by atoms with Crippen molar-refractivity contribution in [3.8, 4) is 11.3 Å². The second-order valence-corrected chi connectivity index (χ2v) is 4.25. The van der Waals surface area contributed by atoms with Crippen LogP contribution in [-0.2, 0) is 4.79 Å². The first-order chi connectivity index (χ1) is 8.72. The number of benzene rings is 1. The summed E-state index contributed by atoms with van der Waals surface area (Å²) >= 11 is 0. The summed E-state index contributed by atoms with van der Waals surface area (Å²) in [7, 11) is 0. The van der Waals surface area contributed by atoms with Crippen LogP contribution in [0.4, 0.5) is 0 Å². The number of nitrogens with two attached hydrogens (primary N) is 1. The van der Waals surface area contributed by atoms with E-state index in [2.05, 4.69) is 5.16 Å². The molecule has 2 rings (SSSR count). The zero-order valence-corrected chi connectivity index (χ0v) is 10.3. The highest BCUT2D eigenvalue weighted by molar-refractivity contribution is 5.75. The molecule has 1 amide bonds. The van der Waals surface area contributed by atoms with Gasteiger partial charge in [0.15, 0.2) is 5.76 Å². The number of carbonyl (C=O) groups is 1. The molecule has 2 N–H and O–H groups in total. The van der Waals surface area contributed by atoms with Crippen LogP contribution < -0.4 is 5.73 Å². The van der Waals surface area contributed by atoms with Gasteiger partial charge in [0.25, 0.3) is 0 Å². The Bertz CT molecular complexity index is 520. The molecular formula is C14H16N2O2. The Morgan fingerprint density at radius 3 is 2.72 bits per heavy atom. The Labute approximate surface area is 106 Å². The van der Waals surface area contributed by atoms with E-state index in [0.29, 0.717) is 6.42 Å². The van der Waals surface area contributed by atoms with Crippen molar-refractivity contribution in [2.24, 2.45) is 5.73 Å². The summed E-state index contributed by atoms with van der Waals surface area (Å²) in [5.41, 5.74) is 7.19. The van der Waals surface area contributed by atoms with Crippen molar-refractivity contribution in [1.82, 2.24) is 5.16 Å². The highest BCUT2D eigenvalue weighted by Crippen LogP contribution is 2.32. The van der Waals surface area contributed by atoms with Gasteiger partial charge in [-0.05, 0) is 12.3 Å². The molecule has 0 fully saturated rings. The molecule has 0 radical (unpaired) electrons. The van der Waals surface area contributed by atoms with Gasteiger partial charge < -0.3 is 10.3 Å². The number of hydrogen-bond donors (Lipinski definition) is 1. The monoisotopic (exact) mass is 244 g/mol.